The number of hydrogen-bond acceptors (Lipinski definition) is 3. The summed E-state index contributed by atoms with van der Waals surface area (Å²) in [5, 5.41) is 2.29. The summed E-state index contributed by atoms with van der Waals surface area (Å²) in [5.74, 6) is -0.487. The second kappa shape index (κ2) is 6.35. The fraction of sp³-hybridized carbons (Fsp3) is 0.278. The van der Waals surface area contributed by atoms with Crippen LogP contribution in [0.15, 0.2) is 46.5 Å². The number of aromatic amines is 1. The van der Waals surface area contributed by atoms with Crippen molar-refractivity contribution in [1.82, 2.24) is 15.3 Å². The van der Waals surface area contributed by atoms with Crippen molar-refractivity contribution in [2.24, 2.45) is 11.8 Å². The van der Waals surface area contributed by atoms with Gasteiger partial charge in [-0.3, -0.25) is 15.0 Å². The molecule has 26 heavy (non-hydrogen) atoms. The van der Waals surface area contributed by atoms with Gasteiger partial charge in [-0.1, -0.05) is 15.9 Å². The van der Waals surface area contributed by atoms with Crippen molar-refractivity contribution in [1.29, 1.82) is 0 Å². The summed E-state index contributed by atoms with van der Waals surface area (Å²) in [6.07, 6.45) is 3.84. The quantitative estimate of drug-likeness (QED) is 0.795. The predicted octanol–water partition coefficient (Wildman–Crippen LogP) is 3.78. The molecule has 4 rings (SSSR count). The highest BCUT2D eigenvalue weighted by Gasteiger charge is 2.46. The first-order valence-electron chi connectivity index (χ1n) is 8.22. The highest BCUT2D eigenvalue weighted by atomic mass is 79.9. The number of rotatable bonds is 3. The number of amides is 3. The monoisotopic (exact) mass is 418 g/mol. The number of hydrogen-bond donors (Lipinski definition) is 2. The fourth-order valence-electron chi connectivity index (χ4n) is 3.24. The van der Waals surface area contributed by atoms with Crippen molar-refractivity contribution in [3.63, 3.8) is 0 Å². The molecule has 0 spiro atoms. The molecule has 1 fully saturated rings. The second-order valence-corrected chi connectivity index (χ2v) is 7.38. The topological polar surface area (TPSA) is 78.1 Å². The number of urea groups is 1. The minimum atomic E-state index is -0.563. The Morgan fingerprint density at radius 1 is 1.42 bits per heavy atom. The highest BCUT2D eigenvalue weighted by molar-refractivity contribution is 9.11. The summed E-state index contributed by atoms with van der Waals surface area (Å²) in [4.78, 5) is 32.6. The van der Waals surface area contributed by atoms with Crippen molar-refractivity contribution in [2.45, 2.75) is 13.3 Å². The zero-order chi connectivity index (χ0) is 18.4. The molecule has 0 saturated heterocycles. The third-order valence-corrected chi connectivity index (χ3v) is 5.76. The van der Waals surface area contributed by atoms with E-state index in [2.05, 4.69) is 31.2 Å². The van der Waals surface area contributed by atoms with E-state index in [4.69, 9.17) is 0 Å². The number of anilines is 1. The summed E-state index contributed by atoms with van der Waals surface area (Å²) in [6.45, 7) is 1.42. The summed E-state index contributed by atoms with van der Waals surface area (Å²) in [6, 6.07) is 4.76. The third-order valence-electron chi connectivity index (χ3n) is 4.66. The average molecular weight is 419 g/mol. The van der Waals surface area contributed by atoms with Gasteiger partial charge in [0.05, 0.1) is 23.9 Å². The number of allylic oxidation sites excluding steroid dienone is 2. The van der Waals surface area contributed by atoms with Crippen molar-refractivity contribution in [3.05, 3.63) is 46.5 Å². The van der Waals surface area contributed by atoms with Crippen molar-refractivity contribution in [2.75, 3.05) is 11.4 Å². The summed E-state index contributed by atoms with van der Waals surface area (Å²) >= 11 is 3.55. The Hall–Kier alpha value is -2.48. The van der Waals surface area contributed by atoms with Gasteiger partial charge in [-0.2, -0.15) is 0 Å². The third kappa shape index (κ3) is 3.05. The number of nitrogens with one attached hydrogen (secondary N) is 2. The van der Waals surface area contributed by atoms with Crippen LogP contribution < -0.4 is 10.2 Å². The van der Waals surface area contributed by atoms with E-state index in [-0.39, 0.29) is 24.2 Å². The number of imide groups is 1. The van der Waals surface area contributed by atoms with Gasteiger partial charge in [0.1, 0.15) is 5.83 Å². The number of benzene rings is 1. The molecule has 3 amide bonds. The zero-order valence-electron chi connectivity index (χ0n) is 13.9. The first-order chi connectivity index (χ1) is 12.4. The van der Waals surface area contributed by atoms with Gasteiger partial charge in [0, 0.05) is 28.9 Å². The van der Waals surface area contributed by atoms with Crippen LogP contribution in [-0.4, -0.2) is 28.5 Å². The van der Waals surface area contributed by atoms with E-state index < -0.39 is 11.9 Å². The normalized spacial score (nSPS) is 21.3. The highest BCUT2D eigenvalue weighted by Crippen LogP contribution is 2.55. The number of fused-ring (bicyclic) bond motifs is 2. The van der Waals surface area contributed by atoms with E-state index in [1.54, 1.807) is 18.5 Å². The molecule has 0 radical (unpaired) electrons. The molecule has 8 heteroatoms. The van der Waals surface area contributed by atoms with Crippen LogP contribution in [0.25, 0.3) is 11.0 Å². The lowest BCUT2D eigenvalue weighted by Gasteiger charge is -2.25. The molecule has 1 aromatic heterocycles. The number of H-pyrrole nitrogens is 1. The Kier molecular flexibility index (Phi) is 4.14. The summed E-state index contributed by atoms with van der Waals surface area (Å²) in [5.41, 5.74) is 2.80. The Bertz CT molecular complexity index is 980. The van der Waals surface area contributed by atoms with Gasteiger partial charge < -0.3 is 4.98 Å². The number of carbonyl (C=O) groups is 2. The second-order valence-electron chi connectivity index (χ2n) is 6.53. The molecule has 1 saturated carbocycles. The number of nitrogens with zero attached hydrogens (tertiary/aromatic N) is 2. The van der Waals surface area contributed by atoms with E-state index >= 15 is 0 Å². The molecule has 1 aromatic carbocycles. The van der Waals surface area contributed by atoms with E-state index in [0.29, 0.717) is 16.8 Å². The molecule has 2 aromatic rings. The van der Waals surface area contributed by atoms with Gasteiger partial charge in [0.2, 0.25) is 5.91 Å². The smallest absolute Gasteiger partial charge is 0.328 e. The van der Waals surface area contributed by atoms with E-state index in [1.807, 2.05) is 6.07 Å². The maximum absolute atomic E-state index is 14.1. The minimum absolute atomic E-state index is 0.0342. The lowest BCUT2D eigenvalue weighted by atomic mass is 10.1. The Balaban J connectivity index is 1.70. The zero-order valence-corrected chi connectivity index (χ0v) is 15.5. The molecule has 2 aliphatic rings. The average Bonchev–Trinajstić information content (AvgIpc) is 3.27. The van der Waals surface area contributed by atoms with Crippen molar-refractivity contribution >= 4 is 44.6 Å². The molecule has 0 aliphatic heterocycles. The molecule has 2 aliphatic carbocycles. The SMILES string of the molecule is CC(=O)NC(=O)N(CC1=C(Br)[C@@H]2CC2C(F)=C1)c1ccc2[nH]cnc2c1. The molecule has 134 valence electrons. The van der Waals surface area contributed by atoms with Crippen molar-refractivity contribution in [3.8, 4) is 0 Å². The first-order valence-corrected chi connectivity index (χ1v) is 9.01. The Labute approximate surface area is 157 Å². The molecule has 2 N–H and O–H groups in total. The molecule has 1 heterocycles. The van der Waals surface area contributed by atoms with Crippen LogP contribution in [0.2, 0.25) is 0 Å². The Morgan fingerprint density at radius 2 is 2.23 bits per heavy atom. The van der Waals surface area contributed by atoms with Gasteiger partial charge in [-0.15, -0.1) is 0 Å². The molecular weight excluding hydrogens is 403 g/mol. The lowest BCUT2D eigenvalue weighted by Crippen LogP contribution is -2.43. The number of aromatic nitrogens is 2. The van der Waals surface area contributed by atoms with E-state index in [0.717, 1.165) is 16.4 Å². The van der Waals surface area contributed by atoms with Gasteiger partial charge in [0.15, 0.2) is 0 Å². The maximum atomic E-state index is 14.1. The molecule has 2 atom stereocenters. The van der Waals surface area contributed by atoms with Crippen LogP contribution in [0, 0.1) is 11.8 Å². The van der Waals surface area contributed by atoms with Gasteiger partial charge in [-0.25, -0.2) is 14.2 Å². The number of imidazole rings is 1. The first kappa shape index (κ1) is 17.0. The van der Waals surface area contributed by atoms with Gasteiger partial charge in [0.25, 0.3) is 0 Å². The molecular formula is C18H16BrFN4O2. The van der Waals surface area contributed by atoms with Crippen LogP contribution in [0.4, 0.5) is 14.9 Å². The van der Waals surface area contributed by atoms with Crippen LogP contribution >= 0.6 is 15.9 Å². The molecule has 6 nitrogen and oxygen atoms in total. The largest absolute Gasteiger partial charge is 0.345 e. The van der Waals surface area contributed by atoms with E-state index in [9.17, 15) is 14.0 Å². The van der Waals surface area contributed by atoms with Crippen LogP contribution in [0.3, 0.4) is 0 Å². The lowest BCUT2D eigenvalue weighted by molar-refractivity contribution is -0.117. The molecule has 0 bridgehead atoms. The Morgan fingerprint density at radius 3 is 3.00 bits per heavy atom. The summed E-state index contributed by atoms with van der Waals surface area (Å²) in [7, 11) is 0. The van der Waals surface area contributed by atoms with Crippen molar-refractivity contribution < 1.29 is 14.0 Å². The van der Waals surface area contributed by atoms with Gasteiger partial charge in [-0.05, 0) is 36.3 Å². The van der Waals surface area contributed by atoms with Crippen LogP contribution in [-0.2, 0) is 4.79 Å². The predicted molar refractivity (Wildman–Crippen MR) is 99.4 cm³/mol. The van der Waals surface area contributed by atoms with Crippen LogP contribution in [0.1, 0.15) is 13.3 Å². The summed E-state index contributed by atoms with van der Waals surface area (Å²) < 4.78 is 15.0. The number of halogens is 2. The number of carbonyl (C=O) groups excluding carboxylic acids is 2. The standard InChI is InChI=1S/C18H16BrFN4O2/c1-9(25)23-18(26)24(11-2-3-15-16(5-11)22-8-21-15)7-10-4-14(20)12-6-13(12)17(10)19/h2-5,8,12-13H,6-7H2,1H3,(H,21,22)(H,23,25,26)/t12?,13-/m1/s1. The molecule has 1 unspecified atom stereocenters. The maximum Gasteiger partial charge on any atom is 0.328 e. The van der Waals surface area contributed by atoms with Crippen LogP contribution in [0.5, 0.6) is 0 Å². The van der Waals surface area contributed by atoms with E-state index in [1.165, 1.54) is 17.9 Å². The van der Waals surface area contributed by atoms with Gasteiger partial charge >= 0.3 is 6.03 Å². The minimum Gasteiger partial charge on any atom is -0.345 e. The fourth-order valence-corrected chi connectivity index (χ4v) is 3.98.